The lowest BCUT2D eigenvalue weighted by molar-refractivity contribution is 0.340. The monoisotopic (exact) mass is 281 g/mol. The molecule has 0 saturated heterocycles. The van der Waals surface area contributed by atoms with Gasteiger partial charge in [-0.3, -0.25) is 0 Å². The normalized spacial score (nSPS) is 16.3. The van der Waals surface area contributed by atoms with E-state index in [1.807, 2.05) is 6.92 Å². The highest BCUT2D eigenvalue weighted by molar-refractivity contribution is 5.59. The van der Waals surface area contributed by atoms with Crippen LogP contribution in [-0.4, -0.2) is 13.2 Å². The molecule has 4 rings (SSSR count). The molecule has 0 aliphatic carbocycles. The Labute approximate surface area is 127 Å². The van der Waals surface area contributed by atoms with Crippen molar-refractivity contribution in [3.63, 3.8) is 0 Å². The van der Waals surface area contributed by atoms with Gasteiger partial charge in [-0.05, 0) is 48.7 Å². The molecule has 2 aliphatic rings. The molecule has 0 fully saturated rings. The zero-order chi connectivity index (χ0) is 14.7. The van der Waals surface area contributed by atoms with Gasteiger partial charge in [-0.1, -0.05) is 37.6 Å². The van der Waals surface area contributed by atoms with Gasteiger partial charge in [-0.15, -0.1) is 0 Å². The topological polar surface area (TPSA) is 12.5 Å². The van der Waals surface area contributed by atoms with Gasteiger partial charge in [0, 0.05) is 12.2 Å². The summed E-state index contributed by atoms with van der Waals surface area (Å²) in [6.07, 6.45) is 2.45. The molecule has 0 amide bonds. The van der Waals surface area contributed by atoms with Gasteiger partial charge in [0.1, 0.15) is 5.75 Å². The maximum Gasteiger partial charge on any atom is 0.119 e. The third-order valence-electron chi connectivity index (χ3n) is 4.11. The summed E-state index contributed by atoms with van der Waals surface area (Å²) in [5.74, 6) is 0.950. The van der Waals surface area contributed by atoms with E-state index in [2.05, 4.69) is 60.4 Å². The molecule has 2 aromatic rings. The van der Waals surface area contributed by atoms with Crippen molar-refractivity contribution in [2.45, 2.75) is 32.7 Å². The molecule has 2 nitrogen and oxygen atoms in total. The minimum Gasteiger partial charge on any atom is -0.494 e. The Bertz CT molecular complexity index is 574. The van der Waals surface area contributed by atoms with Crippen LogP contribution < -0.4 is 9.64 Å². The van der Waals surface area contributed by atoms with Crippen LogP contribution in [0.3, 0.4) is 0 Å². The SMILES string of the molecule is CCCCN1c2ccc(cc2)C1c1ccc(OCC)cc1. The average molecular weight is 281 g/mol. The highest BCUT2D eigenvalue weighted by Crippen LogP contribution is 2.38. The van der Waals surface area contributed by atoms with Crippen LogP contribution >= 0.6 is 0 Å². The summed E-state index contributed by atoms with van der Waals surface area (Å²) in [7, 11) is 0. The Balaban J connectivity index is 1.88. The van der Waals surface area contributed by atoms with Gasteiger partial charge in [0.15, 0.2) is 0 Å². The van der Waals surface area contributed by atoms with Crippen molar-refractivity contribution in [3.8, 4) is 5.75 Å². The molecule has 1 atom stereocenters. The second kappa shape index (κ2) is 6.21. The summed E-state index contributed by atoms with van der Waals surface area (Å²) in [6.45, 7) is 6.09. The van der Waals surface area contributed by atoms with E-state index < -0.39 is 0 Å². The van der Waals surface area contributed by atoms with E-state index in [-0.39, 0.29) is 0 Å². The Morgan fingerprint density at radius 3 is 2.10 bits per heavy atom. The predicted octanol–water partition coefficient (Wildman–Crippen LogP) is 4.79. The molecule has 110 valence electrons. The van der Waals surface area contributed by atoms with Crippen LogP contribution in [0.2, 0.25) is 0 Å². The summed E-state index contributed by atoms with van der Waals surface area (Å²) >= 11 is 0. The van der Waals surface area contributed by atoms with Crippen molar-refractivity contribution in [1.82, 2.24) is 0 Å². The van der Waals surface area contributed by atoms with Crippen LogP contribution in [0.15, 0.2) is 48.5 Å². The Morgan fingerprint density at radius 1 is 0.905 bits per heavy atom. The second-order valence-electron chi connectivity index (χ2n) is 5.54. The van der Waals surface area contributed by atoms with E-state index in [1.165, 1.54) is 29.7 Å². The number of fused-ring (bicyclic) bond motifs is 3. The van der Waals surface area contributed by atoms with E-state index >= 15 is 0 Å². The summed E-state index contributed by atoms with van der Waals surface area (Å²) in [5.41, 5.74) is 4.05. The van der Waals surface area contributed by atoms with Gasteiger partial charge >= 0.3 is 0 Å². The lowest BCUT2D eigenvalue weighted by Crippen LogP contribution is -2.33. The van der Waals surface area contributed by atoms with Crippen molar-refractivity contribution in [3.05, 3.63) is 59.7 Å². The van der Waals surface area contributed by atoms with Crippen molar-refractivity contribution < 1.29 is 4.74 Å². The minimum atomic E-state index is 0.359. The molecule has 0 saturated carbocycles. The summed E-state index contributed by atoms with van der Waals surface area (Å²) in [4.78, 5) is 2.52. The first-order chi connectivity index (χ1) is 10.3. The number of anilines is 1. The third-order valence-corrected chi connectivity index (χ3v) is 4.11. The molecule has 21 heavy (non-hydrogen) atoms. The molecule has 0 aromatic heterocycles. The fourth-order valence-corrected chi connectivity index (χ4v) is 3.05. The Hall–Kier alpha value is -1.96. The van der Waals surface area contributed by atoms with E-state index in [0.717, 1.165) is 12.3 Å². The van der Waals surface area contributed by atoms with Gasteiger partial charge in [0.2, 0.25) is 0 Å². The lowest BCUT2D eigenvalue weighted by Gasteiger charge is -2.38. The smallest absolute Gasteiger partial charge is 0.119 e. The first-order valence-electron chi connectivity index (χ1n) is 7.93. The quantitative estimate of drug-likeness (QED) is 0.754. The maximum absolute atomic E-state index is 5.55. The standard InChI is InChI=1S/C19H23NO/c1-3-5-14-20-17-10-6-15(7-11-17)19(20)16-8-12-18(13-9-16)21-4-2/h6-13,19H,3-5,14H2,1-2H3. The molecule has 2 bridgehead atoms. The number of hydrogen-bond donors (Lipinski definition) is 0. The van der Waals surface area contributed by atoms with Crippen LogP contribution in [0.4, 0.5) is 5.69 Å². The predicted molar refractivity (Wildman–Crippen MR) is 88.2 cm³/mol. The van der Waals surface area contributed by atoms with E-state index in [4.69, 9.17) is 4.74 Å². The van der Waals surface area contributed by atoms with Crippen molar-refractivity contribution in [2.75, 3.05) is 18.1 Å². The number of benzene rings is 2. The Morgan fingerprint density at radius 2 is 1.52 bits per heavy atom. The van der Waals surface area contributed by atoms with Crippen LogP contribution in [0, 0.1) is 0 Å². The summed E-state index contributed by atoms with van der Waals surface area (Å²) < 4.78 is 5.55. The first-order valence-corrected chi connectivity index (χ1v) is 7.93. The number of ether oxygens (including phenoxy) is 1. The molecule has 2 heteroatoms. The van der Waals surface area contributed by atoms with Gasteiger partial charge in [0.05, 0.1) is 12.6 Å². The number of hydrogen-bond acceptors (Lipinski definition) is 2. The molecule has 2 heterocycles. The van der Waals surface area contributed by atoms with E-state index in [0.29, 0.717) is 12.6 Å². The molecule has 0 N–H and O–H groups in total. The maximum atomic E-state index is 5.55. The van der Waals surface area contributed by atoms with Gasteiger partial charge in [-0.25, -0.2) is 0 Å². The van der Waals surface area contributed by atoms with Crippen LogP contribution in [0.25, 0.3) is 0 Å². The number of unbranched alkanes of at least 4 members (excludes halogenated alkanes) is 1. The first kappa shape index (κ1) is 14.0. The van der Waals surface area contributed by atoms with Crippen molar-refractivity contribution in [2.24, 2.45) is 0 Å². The second-order valence-corrected chi connectivity index (χ2v) is 5.54. The summed E-state index contributed by atoms with van der Waals surface area (Å²) in [6, 6.07) is 17.9. The zero-order valence-corrected chi connectivity index (χ0v) is 12.9. The third kappa shape index (κ3) is 2.76. The molecule has 0 radical (unpaired) electrons. The molecule has 0 spiro atoms. The van der Waals surface area contributed by atoms with Crippen molar-refractivity contribution in [1.29, 1.82) is 0 Å². The zero-order valence-electron chi connectivity index (χ0n) is 12.9. The molecule has 2 aromatic carbocycles. The highest BCUT2D eigenvalue weighted by Gasteiger charge is 2.26. The van der Waals surface area contributed by atoms with E-state index in [1.54, 1.807) is 0 Å². The fourth-order valence-electron chi connectivity index (χ4n) is 3.05. The molecule has 1 unspecified atom stereocenters. The molecular weight excluding hydrogens is 258 g/mol. The Kier molecular flexibility index (Phi) is 4.14. The van der Waals surface area contributed by atoms with Crippen LogP contribution in [0.1, 0.15) is 43.9 Å². The van der Waals surface area contributed by atoms with Gasteiger partial charge in [0.25, 0.3) is 0 Å². The fraction of sp³-hybridized carbons (Fsp3) is 0.368. The van der Waals surface area contributed by atoms with Crippen LogP contribution in [0.5, 0.6) is 5.75 Å². The summed E-state index contributed by atoms with van der Waals surface area (Å²) in [5, 5.41) is 0. The van der Waals surface area contributed by atoms with E-state index in [9.17, 15) is 0 Å². The number of rotatable bonds is 6. The lowest BCUT2D eigenvalue weighted by atomic mass is 9.92. The highest BCUT2D eigenvalue weighted by atomic mass is 16.5. The minimum absolute atomic E-state index is 0.359. The van der Waals surface area contributed by atoms with Gasteiger partial charge < -0.3 is 9.64 Å². The molecular formula is C19H23NO. The average Bonchev–Trinajstić information content (AvgIpc) is 2.55. The van der Waals surface area contributed by atoms with Crippen LogP contribution in [-0.2, 0) is 0 Å². The number of nitrogens with zero attached hydrogens (tertiary/aromatic N) is 1. The molecule has 2 aliphatic heterocycles. The van der Waals surface area contributed by atoms with Crippen molar-refractivity contribution >= 4 is 5.69 Å². The van der Waals surface area contributed by atoms with Gasteiger partial charge in [-0.2, -0.15) is 0 Å². The largest absolute Gasteiger partial charge is 0.494 e.